The number of benzene rings is 3. The molecule has 3 aromatic carbocycles. The fourth-order valence-corrected chi connectivity index (χ4v) is 2.57. The summed E-state index contributed by atoms with van der Waals surface area (Å²) in [5, 5.41) is 7.50. The molecule has 0 aromatic heterocycles. The Balaban J connectivity index is 1.45. The van der Waals surface area contributed by atoms with Crippen LogP contribution in [0.5, 0.6) is 5.75 Å². The summed E-state index contributed by atoms with van der Waals surface area (Å²) in [6.07, 6.45) is 1.51. The number of ether oxygens (including phenoxy) is 1. The lowest BCUT2D eigenvalue weighted by Crippen LogP contribution is -2.25. The van der Waals surface area contributed by atoms with Gasteiger partial charge in [-0.3, -0.25) is 4.79 Å². The van der Waals surface area contributed by atoms with E-state index in [2.05, 4.69) is 15.8 Å². The Morgan fingerprint density at radius 3 is 2.30 bits per heavy atom. The Kier molecular flexibility index (Phi) is 7.19. The number of hydrazone groups is 1. The van der Waals surface area contributed by atoms with Crippen LogP contribution in [0.3, 0.4) is 0 Å². The maximum Gasteiger partial charge on any atom is 0.343 e. The van der Waals surface area contributed by atoms with Crippen LogP contribution >= 0.6 is 11.6 Å². The van der Waals surface area contributed by atoms with Gasteiger partial charge >= 0.3 is 5.97 Å². The molecule has 0 saturated carbocycles. The van der Waals surface area contributed by atoms with E-state index >= 15 is 0 Å². The van der Waals surface area contributed by atoms with E-state index in [0.29, 0.717) is 16.3 Å². The maximum absolute atomic E-state index is 12.1. The van der Waals surface area contributed by atoms with Crippen molar-refractivity contribution in [3.63, 3.8) is 0 Å². The topological polar surface area (TPSA) is 79.8 Å². The number of rotatable bonds is 7. The highest BCUT2D eigenvalue weighted by atomic mass is 35.5. The van der Waals surface area contributed by atoms with Crippen molar-refractivity contribution in [1.82, 2.24) is 5.43 Å². The molecule has 0 aliphatic heterocycles. The summed E-state index contributed by atoms with van der Waals surface area (Å²) in [5.41, 5.74) is 5.63. The van der Waals surface area contributed by atoms with Gasteiger partial charge in [0.2, 0.25) is 0 Å². The molecule has 0 atom stereocenters. The van der Waals surface area contributed by atoms with Gasteiger partial charge in [-0.05, 0) is 73.2 Å². The van der Waals surface area contributed by atoms with Crippen LogP contribution in [-0.2, 0) is 4.79 Å². The summed E-state index contributed by atoms with van der Waals surface area (Å²) in [4.78, 5) is 23.9. The number of carbonyl (C=O) groups is 2. The Hall–Kier alpha value is -3.64. The minimum atomic E-state index is -0.471. The number of hydrogen-bond donors (Lipinski definition) is 2. The third-order valence-electron chi connectivity index (χ3n) is 4.08. The highest BCUT2D eigenvalue weighted by Gasteiger charge is 2.08. The molecule has 0 fully saturated rings. The lowest BCUT2D eigenvalue weighted by molar-refractivity contribution is -0.119. The zero-order chi connectivity index (χ0) is 21.3. The molecule has 0 aliphatic carbocycles. The van der Waals surface area contributed by atoms with Gasteiger partial charge in [-0.2, -0.15) is 5.10 Å². The summed E-state index contributed by atoms with van der Waals surface area (Å²) < 4.78 is 5.31. The van der Waals surface area contributed by atoms with Crippen molar-refractivity contribution in [1.29, 1.82) is 0 Å². The fourth-order valence-electron chi connectivity index (χ4n) is 2.45. The van der Waals surface area contributed by atoms with E-state index < -0.39 is 5.97 Å². The van der Waals surface area contributed by atoms with E-state index in [0.717, 1.165) is 16.8 Å². The zero-order valence-electron chi connectivity index (χ0n) is 16.3. The zero-order valence-corrected chi connectivity index (χ0v) is 17.0. The predicted octanol–water partition coefficient (Wildman–Crippen LogP) is 4.43. The van der Waals surface area contributed by atoms with Crippen LogP contribution in [0.15, 0.2) is 77.9 Å². The summed E-state index contributed by atoms with van der Waals surface area (Å²) in [5.74, 6) is -0.333. The third kappa shape index (κ3) is 6.46. The molecule has 7 heteroatoms. The quantitative estimate of drug-likeness (QED) is 0.256. The van der Waals surface area contributed by atoms with Crippen molar-refractivity contribution in [2.45, 2.75) is 6.92 Å². The van der Waals surface area contributed by atoms with E-state index in [-0.39, 0.29) is 12.5 Å². The fraction of sp³-hybridized carbons (Fsp3) is 0.0870. The smallest absolute Gasteiger partial charge is 0.343 e. The molecule has 2 N–H and O–H groups in total. The Labute approximate surface area is 179 Å². The SMILES string of the molecule is Cc1ccc(NCC(=O)N/N=C/c2ccc(OC(=O)c3ccc(Cl)cc3)cc2)cc1. The monoisotopic (exact) mass is 421 g/mol. The first-order valence-corrected chi connectivity index (χ1v) is 9.58. The summed E-state index contributed by atoms with van der Waals surface area (Å²) in [6, 6.07) is 21.0. The molecule has 3 aromatic rings. The second-order valence-corrected chi connectivity index (χ2v) is 6.91. The molecular weight excluding hydrogens is 402 g/mol. The molecule has 3 rings (SSSR count). The summed E-state index contributed by atoms with van der Waals surface area (Å²) >= 11 is 5.81. The van der Waals surface area contributed by atoms with Crippen LogP contribution in [0.2, 0.25) is 5.02 Å². The van der Waals surface area contributed by atoms with E-state index in [1.54, 1.807) is 48.5 Å². The van der Waals surface area contributed by atoms with E-state index in [9.17, 15) is 9.59 Å². The first kappa shape index (κ1) is 21.1. The number of aryl methyl sites for hydroxylation is 1. The van der Waals surface area contributed by atoms with Gasteiger partial charge in [0.1, 0.15) is 5.75 Å². The summed E-state index contributed by atoms with van der Waals surface area (Å²) in [6.45, 7) is 2.11. The molecule has 0 spiro atoms. The first-order valence-electron chi connectivity index (χ1n) is 9.20. The van der Waals surface area contributed by atoms with Crippen molar-refractivity contribution in [3.05, 3.63) is 94.5 Å². The average Bonchev–Trinajstić information content (AvgIpc) is 2.75. The van der Waals surface area contributed by atoms with Gasteiger partial charge in [0.25, 0.3) is 5.91 Å². The van der Waals surface area contributed by atoms with Crippen LogP contribution in [-0.4, -0.2) is 24.6 Å². The molecule has 0 heterocycles. The van der Waals surface area contributed by atoms with Gasteiger partial charge in [0.05, 0.1) is 18.3 Å². The number of carbonyl (C=O) groups excluding carboxylic acids is 2. The molecule has 6 nitrogen and oxygen atoms in total. The number of hydrogen-bond acceptors (Lipinski definition) is 5. The van der Waals surface area contributed by atoms with Crippen molar-refractivity contribution in [2.24, 2.45) is 5.10 Å². The van der Waals surface area contributed by atoms with Crippen LogP contribution in [0.1, 0.15) is 21.5 Å². The van der Waals surface area contributed by atoms with Crippen molar-refractivity contribution in [2.75, 3.05) is 11.9 Å². The lowest BCUT2D eigenvalue weighted by atomic mass is 10.2. The Morgan fingerprint density at radius 1 is 0.967 bits per heavy atom. The molecule has 0 aliphatic rings. The number of halogens is 1. The number of esters is 1. The average molecular weight is 422 g/mol. The second-order valence-electron chi connectivity index (χ2n) is 6.48. The molecule has 30 heavy (non-hydrogen) atoms. The molecule has 0 bridgehead atoms. The number of anilines is 1. The van der Waals surface area contributed by atoms with E-state index in [4.69, 9.17) is 16.3 Å². The van der Waals surface area contributed by atoms with Gasteiger partial charge in [0, 0.05) is 10.7 Å². The second kappa shape index (κ2) is 10.2. The largest absolute Gasteiger partial charge is 0.423 e. The number of nitrogens with one attached hydrogen (secondary N) is 2. The Bertz CT molecular complexity index is 1030. The first-order chi connectivity index (χ1) is 14.5. The van der Waals surface area contributed by atoms with Crippen LogP contribution in [0.4, 0.5) is 5.69 Å². The summed E-state index contributed by atoms with van der Waals surface area (Å²) in [7, 11) is 0. The minimum Gasteiger partial charge on any atom is -0.423 e. The predicted molar refractivity (Wildman–Crippen MR) is 118 cm³/mol. The standard InChI is InChI=1S/C23H20ClN3O3/c1-16-2-10-20(11-3-16)25-15-22(28)27-26-14-17-4-12-21(13-5-17)30-23(29)18-6-8-19(24)9-7-18/h2-14,25H,15H2,1H3,(H,27,28)/b26-14+. The minimum absolute atomic E-state index is 0.111. The van der Waals surface area contributed by atoms with Gasteiger partial charge in [-0.1, -0.05) is 29.3 Å². The van der Waals surface area contributed by atoms with Crippen molar-refractivity contribution < 1.29 is 14.3 Å². The molecule has 0 radical (unpaired) electrons. The van der Waals surface area contributed by atoms with E-state index in [1.165, 1.54) is 6.21 Å². The number of nitrogens with zero attached hydrogens (tertiary/aromatic N) is 1. The lowest BCUT2D eigenvalue weighted by Gasteiger charge is -2.06. The van der Waals surface area contributed by atoms with Crippen molar-refractivity contribution in [3.8, 4) is 5.75 Å². The van der Waals surface area contributed by atoms with Crippen LogP contribution in [0, 0.1) is 6.92 Å². The molecule has 0 saturated heterocycles. The molecular formula is C23H20ClN3O3. The third-order valence-corrected chi connectivity index (χ3v) is 4.33. The van der Waals surface area contributed by atoms with Crippen LogP contribution < -0.4 is 15.5 Å². The van der Waals surface area contributed by atoms with Gasteiger partial charge in [0.15, 0.2) is 0 Å². The van der Waals surface area contributed by atoms with Crippen LogP contribution in [0.25, 0.3) is 0 Å². The van der Waals surface area contributed by atoms with Gasteiger partial charge < -0.3 is 10.1 Å². The van der Waals surface area contributed by atoms with Crippen molar-refractivity contribution >= 4 is 35.4 Å². The van der Waals surface area contributed by atoms with Gasteiger partial charge in [-0.15, -0.1) is 0 Å². The molecule has 152 valence electrons. The molecule has 0 unspecified atom stereocenters. The normalized spacial score (nSPS) is 10.6. The highest BCUT2D eigenvalue weighted by molar-refractivity contribution is 6.30. The van der Waals surface area contributed by atoms with E-state index in [1.807, 2.05) is 31.2 Å². The Morgan fingerprint density at radius 2 is 1.63 bits per heavy atom. The number of amides is 1. The highest BCUT2D eigenvalue weighted by Crippen LogP contribution is 2.15. The molecule has 1 amide bonds. The maximum atomic E-state index is 12.1. The van der Waals surface area contributed by atoms with Gasteiger partial charge in [-0.25, -0.2) is 10.2 Å².